The number of aromatic nitrogens is 2. The Morgan fingerprint density at radius 2 is 2.11 bits per heavy atom. The second kappa shape index (κ2) is 4.91. The fraction of sp³-hybridized carbons (Fsp3) is 0.154. The molecule has 0 bridgehead atoms. The highest BCUT2D eigenvalue weighted by molar-refractivity contribution is 5.84. The summed E-state index contributed by atoms with van der Waals surface area (Å²) < 4.78 is 12.6. The number of carboxylic acids is 1. The van der Waals surface area contributed by atoms with Crippen LogP contribution in [0.3, 0.4) is 0 Å². The van der Waals surface area contributed by atoms with Crippen LogP contribution in [0.5, 0.6) is 0 Å². The number of carboxylic acid groups (broad SMARTS) is 1. The first-order chi connectivity index (χ1) is 8.60. The number of carbonyl (C=O) groups is 1. The van der Waals surface area contributed by atoms with Gasteiger partial charge < -0.3 is 5.11 Å². The summed E-state index contributed by atoms with van der Waals surface area (Å²) in [7, 11) is 0. The maximum absolute atomic E-state index is 12.6. The van der Waals surface area contributed by atoms with Gasteiger partial charge in [0.05, 0.1) is 5.69 Å². The lowest BCUT2D eigenvalue weighted by Crippen LogP contribution is -2.06. The number of alkyl halides is 1. The Hall–Kier alpha value is -2.30. The van der Waals surface area contributed by atoms with Crippen LogP contribution in [0.15, 0.2) is 30.3 Å². The largest absolute Gasteiger partial charge is 0.475 e. The van der Waals surface area contributed by atoms with Gasteiger partial charge in [-0.3, -0.25) is 0 Å². The summed E-state index contributed by atoms with van der Waals surface area (Å²) in [6, 6.07) is 8.45. The summed E-state index contributed by atoms with van der Waals surface area (Å²) >= 11 is 0. The molecule has 1 aromatic carbocycles. The Kier molecular flexibility index (Phi) is 3.32. The monoisotopic (exact) mass is 246 g/mol. The van der Waals surface area contributed by atoms with Gasteiger partial charge in [0.1, 0.15) is 6.67 Å². The van der Waals surface area contributed by atoms with Crippen LogP contribution in [-0.4, -0.2) is 21.0 Å². The fourth-order valence-corrected chi connectivity index (χ4v) is 1.63. The molecule has 1 aromatic heterocycles. The molecule has 0 amide bonds. The predicted molar refractivity (Wildman–Crippen MR) is 64.0 cm³/mol. The van der Waals surface area contributed by atoms with Gasteiger partial charge in [-0.2, -0.15) is 0 Å². The van der Waals surface area contributed by atoms with E-state index in [1.165, 1.54) is 0 Å². The van der Waals surface area contributed by atoms with E-state index in [2.05, 4.69) is 9.97 Å². The van der Waals surface area contributed by atoms with E-state index >= 15 is 0 Å². The van der Waals surface area contributed by atoms with E-state index in [4.69, 9.17) is 5.11 Å². The summed E-state index contributed by atoms with van der Waals surface area (Å²) in [5.74, 6) is -1.43. The molecule has 0 unspecified atom stereocenters. The van der Waals surface area contributed by atoms with E-state index in [0.29, 0.717) is 22.5 Å². The summed E-state index contributed by atoms with van der Waals surface area (Å²) in [5.41, 5.74) is 2.25. The third-order valence-corrected chi connectivity index (χ3v) is 2.42. The number of nitrogens with zero attached hydrogens (tertiary/aromatic N) is 2. The van der Waals surface area contributed by atoms with Crippen molar-refractivity contribution in [1.82, 2.24) is 9.97 Å². The van der Waals surface area contributed by atoms with Gasteiger partial charge in [-0.1, -0.05) is 18.2 Å². The Morgan fingerprint density at radius 1 is 1.33 bits per heavy atom. The van der Waals surface area contributed by atoms with Crippen LogP contribution in [0.25, 0.3) is 11.3 Å². The van der Waals surface area contributed by atoms with Crippen LogP contribution in [0.2, 0.25) is 0 Å². The molecule has 1 N–H and O–H groups in total. The molecule has 1 heterocycles. The minimum absolute atomic E-state index is 0.254. The van der Waals surface area contributed by atoms with Gasteiger partial charge in [0.15, 0.2) is 0 Å². The van der Waals surface area contributed by atoms with Gasteiger partial charge in [0.2, 0.25) is 5.82 Å². The average molecular weight is 246 g/mol. The summed E-state index contributed by atoms with van der Waals surface area (Å²) in [6.07, 6.45) is 0. The number of hydrogen-bond acceptors (Lipinski definition) is 3. The first-order valence-corrected chi connectivity index (χ1v) is 5.34. The van der Waals surface area contributed by atoms with E-state index < -0.39 is 12.6 Å². The van der Waals surface area contributed by atoms with Crippen molar-refractivity contribution >= 4 is 5.97 Å². The van der Waals surface area contributed by atoms with Crippen molar-refractivity contribution < 1.29 is 14.3 Å². The Labute approximate surface area is 103 Å². The maximum atomic E-state index is 12.6. The predicted octanol–water partition coefficient (Wildman–Crippen LogP) is 2.62. The van der Waals surface area contributed by atoms with E-state index in [1.807, 2.05) is 0 Å². The molecule has 92 valence electrons. The molecule has 2 aromatic rings. The maximum Gasteiger partial charge on any atom is 0.373 e. The van der Waals surface area contributed by atoms with Crippen LogP contribution in [0, 0.1) is 6.92 Å². The van der Waals surface area contributed by atoms with Crippen molar-refractivity contribution in [2.75, 3.05) is 0 Å². The molecule has 0 aliphatic heterocycles. The van der Waals surface area contributed by atoms with E-state index in [9.17, 15) is 9.18 Å². The van der Waals surface area contributed by atoms with Crippen molar-refractivity contribution in [1.29, 1.82) is 0 Å². The normalized spacial score (nSPS) is 10.3. The first-order valence-electron chi connectivity index (χ1n) is 5.34. The Balaban J connectivity index is 2.52. The topological polar surface area (TPSA) is 63.1 Å². The number of rotatable bonds is 3. The molecule has 0 aliphatic carbocycles. The van der Waals surface area contributed by atoms with Crippen LogP contribution in [0.4, 0.5) is 4.39 Å². The van der Waals surface area contributed by atoms with Crippen LogP contribution in [0.1, 0.15) is 21.9 Å². The molecule has 5 heteroatoms. The molecule has 0 atom stereocenters. The average Bonchev–Trinajstić information content (AvgIpc) is 2.38. The van der Waals surface area contributed by atoms with E-state index in [-0.39, 0.29) is 5.82 Å². The van der Waals surface area contributed by atoms with Gasteiger partial charge in [-0.15, -0.1) is 0 Å². The van der Waals surface area contributed by atoms with Crippen molar-refractivity contribution in [2.24, 2.45) is 0 Å². The van der Waals surface area contributed by atoms with E-state index in [1.54, 1.807) is 37.3 Å². The minimum Gasteiger partial charge on any atom is -0.475 e. The van der Waals surface area contributed by atoms with Crippen molar-refractivity contribution in [3.05, 3.63) is 47.4 Å². The molecule has 0 saturated carbocycles. The third-order valence-electron chi connectivity index (χ3n) is 2.42. The van der Waals surface area contributed by atoms with Gasteiger partial charge in [0, 0.05) is 11.3 Å². The number of aromatic carboxylic acids is 1. The highest BCUT2D eigenvalue weighted by atomic mass is 19.1. The van der Waals surface area contributed by atoms with Gasteiger partial charge >= 0.3 is 5.97 Å². The summed E-state index contributed by atoms with van der Waals surface area (Å²) in [6.45, 7) is 1.13. The molecule has 0 aliphatic rings. The Bertz CT molecular complexity index is 599. The molecular formula is C13H11FN2O2. The lowest BCUT2D eigenvalue weighted by molar-refractivity contribution is 0.0683. The van der Waals surface area contributed by atoms with E-state index in [0.717, 1.165) is 0 Å². The SMILES string of the molecule is Cc1cc(-c2cccc(CF)c2)nc(C(=O)O)n1. The zero-order valence-corrected chi connectivity index (χ0v) is 9.72. The Morgan fingerprint density at radius 3 is 2.78 bits per heavy atom. The van der Waals surface area contributed by atoms with Crippen LogP contribution < -0.4 is 0 Å². The molecule has 0 spiro atoms. The molecular weight excluding hydrogens is 235 g/mol. The number of hydrogen-bond donors (Lipinski definition) is 1. The highest BCUT2D eigenvalue weighted by Gasteiger charge is 2.10. The minimum atomic E-state index is -1.18. The van der Waals surface area contributed by atoms with Gasteiger partial charge in [-0.25, -0.2) is 19.2 Å². The number of halogens is 1. The van der Waals surface area contributed by atoms with Gasteiger partial charge in [-0.05, 0) is 24.6 Å². The third kappa shape index (κ3) is 2.51. The van der Waals surface area contributed by atoms with Crippen molar-refractivity contribution in [3.8, 4) is 11.3 Å². The quantitative estimate of drug-likeness (QED) is 0.904. The number of aryl methyl sites for hydroxylation is 1. The molecule has 2 rings (SSSR count). The zero-order chi connectivity index (χ0) is 13.1. The molecule has 0 fully saturated rings. The zero-order valence-electron chi connectivity index (χ0n) is 9.72. The van der Waals surface area contributed by atoms with Crippen LogP contribution in [-0.2, 0) is 6.67 Å². The van der Waals surface area contributed by atoms with Crippen molar-refractivity contribution in [3.63, 3.8) is 0 Å². The number of benzene rings is 1. The summed E-state index contributed by atoms with van der Waals surface area (Å²) in [5, 5.41) is 8.90. The lowest BCUT2D eigenvalue weighted by Gasteiger charge is -2.05. The van der Waals surface area contributed by atoms with Gasteiger partial charge in [0.25, 0.3) is 0 Å². The molecule has 4 nitrogen and oxygen atoms in total. The summed E-state index contributed by atoms with van der Waals surface area (Å²) in [4.78, 5) is 18.6. The smallest absolute Gasteiger partial charge is 0.373 e. The van der Waals surface area contributed by atoms with Crippen molar-refractivity contribution in [2.45, 2.75) is 13.6 Å². The molecule has 0 radical (unpaired) electrons. The lowest BCUT2D eigenvalue weighted by atomic mass is 10.1. The first kappa shape index (κ1) is 12.2. The second-order valence-corrected chi connectivity index (χ2v) is 3.86. The fourth-order valence-electron chi connectivity index (χ4n) is 1.63. The highest BCUT2D eigenvalue weighted by Crippen LogP contribution is 2.19. The second-order valence-electron chi connectivity index (χ2n) is 3.86. The molecule has 18 heavy (non-hydrogen) atoms. The van der Waals surface area contributed by atoms with Crippen LogP contribution >= 0.6 is 0 Å². The standard InChI is InChI=1S/C13H11FN2O2/c1-8-5-11(16-12(15-8)13(17)18)10-4-2-3-9(6-10)7-14/h2-6H,7H2,1H3,(H,17,18). The molecule has 0 saturated heterocycles.